The summed E-state index contributed by atoms with van der Waals surface area (Å²) >= 11 is 0. The Labute approximate surface area is 206 Å². The fourth-order valence-corrected chi connectivity index (χ4v) is 7.62. The van der Waals surface area contributed by atoms with Gasteiger partial charge in [-0.3, -0.25) is 4.79 Å². The van der Waals surface area contributed by atoms with Crippen molar-refractivity contribution < 1.29 is 24.5 Å². The molecule has 2 heterocycles. The van der Waals surface area contributed by atoms with E-state index >= 15 is 0 Å². The fourth-order valence-electron chi connectivity index (χ4n) is 7.62. The number of nitrogens with zero attached hydrogens (tertiary/aromatic N) is 1. The van der Waals surface area contributed by atoms with E-state index in [4.69, 9.17) is 9.47 Å². The van der Waals surface area contributed by atoms with Gasteiger partial charge >= 0.3 is 5.97 Å². The second kappa shape index (κ2) is 8.50. The van der Waals surface area contributed by atoms with E-state index < -0.39 is 17.0 Å². The van der Waals surface area contributed by atoms with Crippen molar-refractivity contribution >= 4 is 5.97 Å². The molecule has 1 saturated carbocycles. The van der Waals surface area contributed by atoms with E-state index in [2.05, 4.69) is 41.5 Å². The number of phenols is 1. The molecule has 2 aromatic carbocycles. The van der Waals surface area contributed by atoms with Crippen molar-refractivity contribution in [1.82, 2.24) is 10.2 Å². The molecule has 2 bridgehead atoms. The topological polar surface area (TPSA) is 91.3 Å². The van der Waals surface area contributed by atoms with Gasteiger partial charge < -0.3 is 29.9 Å². The first kappa shape index (κ1) is 22.8. The molecular formula is C28H34N2O5. The van der Waals surface area contributed by atoms with Crippen molar-refractivity contribution in [3.8, 4) is 11.5 Å². The van der Waals surface area contributed by atoms with Crippen molar-refractivity contribution in [2.45, 2.75) is 67.7 Å². The summed E-state index contributed by atoms with van der Waals surface area (Å²) in [4.78, 5) is 13.8. The highest BCUT2D eigenvalue weighted by atomic mass is 16.5. The average Bonchev–Trinajstić information content (AvgIpc) is 3.21. The van der Waals surface area contributed by atoms with E-state index in [0.29, 0.717) is 12.4 Å². The molecule has 2 aliphatic heterocycles. The van der Waals surface area contributed by atoms with Gasteiger partial charge in [0, 0.05) is 24.3 Å². The highest BCUT2D eigenvalue weighted by molar-refractivity contribution is 5.69. The minimum absolute atomic E-state index is 0.107. The minimum Gasteiger partial charge on any atom is -0.504 e. The molecule has 1 unspecified atom stereocenters. The second-order valence-corrected chi connectivity index (χ2v) is 10.7. The normalized spacial score (nSPS) is 32.7. The zero-order valence-corrected chi connectivity index (χ0v) is 20.2. The van der Waals surface area contributed by atoms with Crippen molar-refractivity contribution in [3.05, 3.63) is 59.2 Å². The lowest BCUT2D eigenvalue weighted by molar-refractivity contribution is -0.217. The Kier molecular flexibility index (Phi) is 5.55. The maximum Gasteiger partial charge on any atom is 0.317 e. The third-order valence-electron chi connectivity index (χ3n) is 9.02. The summed E-state index contributed by atoms with van der Waals surface area (Å²) in [6.07, 6.45) is 4.95. The summed E-state index contributed by atoms with van der Waals surface area (Å²) in [5.74, 6) is -0.128. The standard InChI is InChI=1S/C28H34N2O5/c1-30-14-13-27-24-19-9-10-21(31)25(24)35-26(27)20(29-17-23(32)33)11-12-28(27,22(30)16-19)34-15-5-8-18-6-3-2-4-7-18/h2-4,6-7,9-10,20,22,26,29,31H,5,8,11-17H2,1H3,(H,32,33)/t20-,22?,26+,27+,28-/m1/s1. The van der Waals surface area contributed by atoms with Gasteiger partial charge in [0.05, 0.1) is 17.6 Å². The quantitative estimate of drug-likeness (QED) is 0.503. The minimum atomic E-state index is -0.875. The molecule has 2 fully saturated rings. The smallest absolute Gasteiger partial charge is 0.317 e. The van der Waals surface area contributed by atoms with Crippen LogP contribution in [0.5, 0.6) is 11.5 Å². The number of hydrogen-bond acceptors (Lipinski definition) is 6. The summed E-state index contributed by atoms with van der Waals surface area (Å²) in [7, 11) is 2.19. The van der Waals surface area contributed by atoms with Crippen LogP contribution in [0.2, 0.25) is 0 Å². The number of hydrogen-bond donors (Lipinski definition) is 3. The molecule has 5 atom stereocenters. The van der Waals surface area contributed by atoms with Gasteiger partial charge in [-0.1, -0.05) is 36.4 Å². The molecule has 3 N–H and O–H groups in total. The van der Waals surface area contributed by atoms with Crippen molar-refractivity contribution in [2.75, 3.05) is 26.7 Å². The summed E-state index contributed by atoms with van der Waals surface area (Å²) in [5, 5.41) is 23.4. The molecule has 2 aromatic rings. The van der Waals surface area contributed by atoms with Crippen LogP contribution in [0.4, 0.5) is 0 Å². The third kappa shape index (κ3) is 3.32. The number of aryl methyl sites for hydroxylation is 1. The largest absolute Gasteiger partial charge is 0.504 e. The van der Waals surface area contributed by atoms with E-state index in [0.717, 1.165) is 50.6 Å². The monoisotopic (exact) mass is 478 g/mol. The maximum absolute atomic E-state index is 11.4. The molecule has 1 spiro atoms. The number of carboxylic acid groups (broad SMARTS) is 1. The lowest BCUT2D eigenvalue weighted by Gasteiger charge is -2.65. The van der Waals surface area contributed by atoms with Crippen LogP contribution in [0, 0.1) is 0 Å². The Morgan fingerprint density at radius 1 is 1.23 bits per heavy atom. The molecular weight excluding hydrogens is 444 g/mol. The van der Waals surface area contributed by atoms with Crippen LogP contribution < -0.4 is 10.1 Å². The first-order valence-corrected chi connectivity index (χ1v) is 12.8. The van der Waals surface area contributed by atoms with Gasteiger partial charge in [-0.25, -0.2) is 0 Å². The van der Waals surface area contributed by atoms with E-state index in [1.54, 1.807) is 6.07 Å². The molecule has 0 radical (unpaired) electrons. The molecule has 7 nitrogen and oxygen atoms in total. The van der Waals surface area contributed by atoms with Crippen LogP contribution in [0.25, 0.3) is 0 Å². The average molecular weight is 479 g/mol. The second-order valence-electron chi connectivity index (χ2n) is 10.7. The highest BCUT2D eigenvalue weighted by Gasteiger charge is 2.73. The Hall–Kier alpha value is -2.61. The lowest BCUT2D eigenvalue weighted by atomic mass is 9.48. The number of piperidine rings is 1. The Morgan fingerprint density at radius 3 is 2.86 bits per heavy atom. The number of likely N-dealkylation sites (N-methyl/N-ethyl adjacent to an activating group) is 1. The van der Waals surface area contributed by atoms with Crippen molar-refractivity contribution in [1.29, 1.82) is 0 Å². The van der Waals surface area contributed by atoms with Crippen LogP contribution in [0.15, 0.2) is 42.5 Å². The molecule has 6 rings (SSSR count). The maximum atomic E-state index is 11.4. The lowest BCUT2D eigenvalue weighted by Crippen LogP contribution is -2.78. The summed E-state index contributed by atoms with van der Waals surface area (Å²) < 4.78 is 13.6. The molecule has 4 aliphatic rings. The number of aromatic hydroxyl groups is 1. The van der Waals surface area contributed by atoms with Crippen LogP contribution in [-0.4, -0.2) is 71.6 Å². The predicted octanol–water partition coefficient (Wildman–Crippen LogP) is 2.88. The van der Waals surface area contributed by atoms with Crippen molar-refractivity contribution in [3.63, 3.8) is 0 Å². The number of carbonyl (C=O) groups is 1. The number of phenolic OH excluding ortho intramolecular Hbond substituents is 1. The molecule has 186 valence electrons. The molecule has 0 aromatic heterocycles. The SMILES string of the molecule is CN1CC[C@]23c4c5ccc(O)c4O[C@H]2[C@H](NCC(=O)O)CC[C@@]3(OCCCc2ccccc2)C1C5. The molecule has 35 heavy (non-hydrogen) atoms. The van der Waals surface area contributed by atoms with E-state index in [1.165, 1.54) is 11.1 Å². The van der Waals surface area contributed by atoms with Gasteiger partial charge in [0.15, 0.2) is 11.5 Å². The third-order valence-corrected chi connectivity index (χ3v) is 9.02. The molecule has 1 saturated heterocycles. The summed E-state index contributed by atoms with van der Waals surface area (Å²) in [6, 6.07) is 14.4. The van der Waals surface area contributed by atoms with Gasteiger partial charge in [0.25, 0.3) is 0 Å². The Morgan fingerprint density at radius 2 is 2.06 bits per heavy atom. The van der Waals surface area contributed by atoms with Gasteiger partial charge in [-0.05, 0) is 69.3 Å². The first-order valence-electron chi connectivity index (χ1n) is 12.8. The van der Waals surface area contributed by atoms with E-state index in [9.17, 15) is 15.0 Å². The summed E-state index contributed by atoms with van der Waals surface area (Å²) in [5.41, 5.74) is 2.80. The van der Waals surface area contributed by atoms with Gasteiger partial charge in [-0.15, -0.1) is 0 Å². The van der Waals surface area contributed by atoms with Crippen LogP contribution in [0.1, 0.15) is 42.4 Å². The van der Waals surface area contributed by atoms with Gasteiger partial charge in [-0.2, -0.15) is 0 Å². The van der Waals surface area contributed by atoms with E-state index in [1.807, 2.05) is 12.1 Å². The van der Waals surface area contributed by atoms with E-state index in [-0.39, 0.29) is 30.5 Å². The van der Waals surface area contributed by atoms with Crippen LogP contribution in [-0.2, 0) is 27.8 Å². The number of likely N-dealkylation sites (tertiary alicyclic amines) is 1. The van der Waals surface area contributed by atoms with Crippen LogP contribution >= 0.6 is 0 Å². The molecule has 7 heteroatoms. The number of aliphatic carboxylic acids is 1. The molecule has 2 aliphatic carbocycles. The predicted molar refractivity (Wildman–Crippen MR) is 131 cm³/mol. The number of nitrogens with one attached hydrogen (secondary N) is 1. The Balaban J connectivity index is 1.38. The number of ether oxygens (including phenoxy) is 2. The molecule has 0 amide bonds. The highest BCUT2D eigenvalue weighted by Crippen LogP contribution is 2.66. The number of carboxylic acids is 1. The first-order chi connectivity index (χ1) is 17.0. The zero-order valence-electron chi connectivity index (χ0n) is 20.2. The van der Waals surface area contributed by atoms with Crippen LogP contribution in [0.3, 0.4) is 0 Å². The zero-order chi connectivity index (χ0) is 24.2. The fraction of sp³-hybridized carbons (Fsp3) is 0.536. The number of rotatable bonds is 8. The van der Waals surface area contributed by atoms with Gasteiger partial charge in [0.1, 0.15) is 6.10 Å². The van der Waals surface area contributed by atoms with Gasteiger partial charge in [0.2, 0.25) is 0 Å². The van der Waals surface area contributed by atoms with Crippen molar-refractivity contribution in [2.24, 2.45) is 0 Å². The Bertz CT molecular complexity index is 1120. The number of benzene rings is 2. The summed E-state index contributed by atoms with van der Waals surface area (Å²) in [6.45, 7) is 1.47.